The molecule has 2 rings (SSSR count). The summed E-state index contributed by atoms with van der Waals surface area (Å²) in [6, 6.07) is 7.43. The molecule has 1 N–H and O–H groups in total. The van der Waals surface area contributed by atoms with Crippen molar-refractivity contribution < 1.29 is 14.6 Å². The molecule has 0 saturated carbocycles. The number of carboxylic acid groups (broad SMARTS) is 1. The van der Waals surface area contributed by atoms with Crippen LogP contribution in [0.25, 0.3) is 0 Å². The molecule has 2 aromatic rings. The van der Waals surface area contributed by atoms with E-state index in [0.717, 1.165) is 26.8 Å². The maximum absolute atomic E-state index is 11.2. The number of thiazole rings is 1. The van der Waals surface area contributed by atoms with Gasteiger partial charge < -0.3 is 14.4 Å². The third-order valence-electron chi connectivity index (χ3n) is 3.33. The molecule has 0 spiro atoms. The number of carbonyl (C=O) groups is 1. The van der Waals surface area contributed by atoms with Gasteiger partial charge in [0.05, 0.1) is 18.7 Å². The number of hydrogen-bond donors (Lipinski definition) is 1. The van der Waals surface area contributed by atoms with Crippen LogP contribution in [-0.4, -0.2) is 22.8 Å². The highest BCUT2D eigenvalue weighted by Crippen LogP contribution is 2.22. The average molecular weight is 306 g/mol. The highest BCUT2D eigenvalue weighted by Gasteiger charge is 2.20. The lowest BCUT2D eigenvalue weighted by atomic mass is 10.1. The molecule has 0 radical (unpaired) electrons. The molecular weight excluding hydrogens is 288 g/mol. The summed E-state index contributed by atoms with van der Waals surface area (Å²) in [4.78, 5) is 17.5. The van der Waals surface area contributed by atoms with Crippen LogP contribution in [0.3, 0.4) is 0 Å². The van der Waals surface area contributed by atoms with E-state index < -0.39 is 11.9 Å². The Hall–Kier alpha value is -2.08. The number of ether oxygens (including phenoxy) is 1. The van der Waals surface area contributed by atoms with Gasteiger partial charge in [0.2, 0.25) is 0 Å². The average Bonchev–Trinajstić information content (AvgIpc) is 2.73. The summed E-state index contributed by atoms with van der Waals surface area (Å²) in [7, 11) is 3.47. The minimum absolute atomic E-state index is 0.550. The summed E-state index contributed by atoms with van der Waals surface area (Å²) in [5.74, 6) is -0.602. The zero-order chi connectivity index (χ0) is 15.6. The van der Waals surface area contributed by atoms with E-state index in [2.05, 4.69) is 4.99 Å². The fourth-order valence-corrected chi connectivity index (χ4v) is 3.25. The highest BCUT2D eigenvalue weighted by atomic mass is 32.1. The van der Waals surface area contributed by atoms with Crippen LogP contribution in [0.1, 0.15) is 23.4 Å². The molecule has 1 aromatic carbocycles. The van der Waals surface area contributed by atoms with E-state index in [0.29, 0.717) is 0 Å². The van der Waals surface area contributed by atoms with Gasteiger partial charge >= 0.3 is 5.97 Å². The first kappa shape index (κ1) is 15.3. The zero-order valence-corrected chi connectivity index (χ0v) is 13.3. The molecular formula is C15H18N2O3S. The molecule has 21 heavy (non-hydrogen) atoms. The molecule has 5 nitrogen and oxygen atoms in total. The van der Waals surface area contributed by atoms with Crippen LogP contribution in [0.4, 0.5) is 5.69 Å². The molecule has 0 aliphatic carbocycles. The number of methoxy groups -OCH3 is 1. The van der Waals surface area contributed by atoms with Gasteiger partial charge in [0.1, 0.15) is 5.75 Å². The van der Waals surface area contributed by atoms with E-state index >= 15 is 0 Å². The standard InChI is InChI=1S/C15H18N2O3S/c1-9(14(18)19)13-10(2)21-15(17(13)3)16-11-5-7-12(20-4)8-6-11/h5-9H,1-4H3,(H,18,19). The monoisotopic (exact) mass is 306 g/mol. The van der Waals surface area contributed by atoms with Gasteiger partial charge in [-0.3, -0.25) is 4.79 Å². The van der Waals surface area contributed by atoms with Crippen LogP contribution >= 0.6 is 11.3 Å². The van der Waals surface area contributed by atoms with E-state index in [9.17, 15) is 9.90 Å². The highest BCUT2D eigenvalue weighted by molar-refractivity contribution is 7.09. The molecule has 0 aliphatic heterocycles. The van der Waals surface area contributed by atoms with Crippen molar-refractivity contribution in [2.75, 3.05) is 7.11 Å². The van der Waals surface area contributed by atoms with Crippen LogP contribution in [0.15, 0.2) is 29.3 Å². The predicted octanol–water partition coefficient (Wildman–Crippen LogP) is 2.82. The fourth-order valence-electron chi connectivity index (χ4n) is 2.17. The number of benzene rings is 1. The van der Waals surface area contributed by atoms with Gasteiger partial charge in [0, 0.05) is 17.6 Å². The second-order valence-corrected chi connectivity index (χ2v) is 5.94. The van der Waals surface area contributed by atoms with E-state index in [1.165, 1.54) is 11.3 Å². The number of aromatic nitrogens is 1. The number of hydrogen-bond acceptors (Lipinski definition) is 4. The molecule has 1 atom stereocenters. The molecule has 0 amide bonds. The minimum atomic E-state index is -0.831. The van der Waals surface area contributed by atoms with Gasteiger partial charge in [0.25, 0.3) is 0 Å². The van der Waals surface area contributed by atoms with E-state index in [4.69, 9.17) is 4.74 Å². The van der Waals surface area contributed by atoms with Gasteiger partial charge in [-0.05, 0) is 38.1 Å². The van der Waals surface area contributed by atoms with Crippen molar-refractivity contribution in [1.82, 2.24) is 4.57 Å². The van der Waals surface area contributed by atoms with Crippen molar-refractivity contribution in [3.8, 4) is 5.75 Å². The fraction of sp³-hybridized carbons (Fsp3) is 0.333. The Morgan fingerprint density at radius 1 is 1.38 bits per heavy atom. The summed E-state index contributed by atoms with van der Waals surface area (Å²) < 4.78 is 6.96. The number of aryl methyl sites for hydroxylation is 1. The van der Waals surface area contributed by atoms with Crippen molar-refractivity contribution in [1.29, 1.82) is 0 Å². The zero-order valence-electron chi connectivity index (χ0n) is 12.5. The molecule has 6 heteroatoms. The third kappa shape index (κ3) is 3.16. The quantitative estimate of drug-likeness (QED) is 0.944. The van der Waals surface area contributed by atoms with Crippen molar-refractivity contribution >= 4 is 23.0 Å². The Labute approximate surface area is 127 Å². The second kappa shape index (κ2) is 6.13. The number of nitrogens with zero attached hydrogens (tertiary/aromatic N) is 2. The Bertz CT molecular complexity index is 714. The number of carboxylic acids is 1. The first-order valence-electron chi connectivity index (χ1n) is 6.52. The van der Waals surface area contributed by atoms with Crippen LogP contribution < -0.4 is 9.54 Å². The Morgan fingerprint density at radius 3 is 2.52 bits per heavy atom. The lowest BCUT2D eigenvalue weighted by Crippen LogP contribution is -2.18. The molecule has 0 saturated heterocycles. The summed E-state index contributed by atoms with van der Waals surface area (Å²) in [5.41, 5.74) is 1.60. The maximum atomic E-state index is 11.2. The molecule has 0 bridgehead atoms. The minimum Gasteiger partial charge on any atom is -0.497 e. The van der Waals surface area contributed by atoms with Crippen LogP contribution in [-0.2, 0) is 11.8 Å². The Morgan fingerprint density at radius 2 is 2.00 bits per heavy atom. The van der Waals surface area contributed by atoms with Gasteiger partial charge in [-0.2, -0.15) is 0 Å². The van der Waals surface area contributed by atoms with Gasteiger partial charge in [-0.25, -0.2) is 4.99 Å². The van der Waals surface area contributed by atoms with E-state index in [-0.39, 0.29) is 0 Å². The maximum Gasteiger partial charge on any atom is 0.312 e. The summed E-state index contributed by atoms with van der Waals surface area (Å²) in [5, 5.41) is 9.19. The van der Waals surface area contributed by atoms with Crippen molar-refractivity contribution in [2.45, 2.75) is 19.8 Å². The summed E-state index contributed by atoms with van der Waals surface area (Å²) >= 11 is 1.49. The van der Waals surface area contributed by atoms with Crippen LogP contribution in [0.2, 0.25) is 0 Å². The van der Waals surface area contributed by atoms with Crippen LogP contribution in [0.5, 0.6) is 5.75 Å². The smallest absolute Gasteiger partial charge is 0.312 e. The number of aliphatic carboxylic acids is 1. The second-order valence-electron chi connectivity index (χ2n) is 4.75. The van der Waals surface area contributed by atoms with Crippen LogP contribution in [0, 0.1) is 6.92 Å². The molecule has 1 aromatic heterocycles. The number of rotatable bonds is 4. The molecule has 0 fully saturated rings. The lowest BCUT2D eigenvalue weighted by molar-refractivity contribution is -0.138. The van der Waals surface area contributed by atoms with Crippen molar-refractivity contribution in [3.05, 3.63) is 39.6 Å². The van der Waals surface area contributed by atoms with E-state index in [1.807, 2.05) is 42.8 Å². The van der Waals surface area contributed by atoms with Gasteiger partial charge in [0.15, 0.2) is 4.80 Å². The topological polar surface area (TPSA) is 63.8 Å². The Balaban J connectivity index is 2.47. The third-order valence-corrected chi connectivity index (χ3v) is 4.39. The first-order chi connectivity index (χ1) is 9.93. The van der Waals surface area contributed by atoms with Crippen molar-refractivity contribution in [2.24, 2.45) is 12.0 Å². The normalized spacial score (nSPS) is 13.2. The predicted molar refractivity (Wildman–Crippen MR) is 82.3 cm³/mol. The van der Waals surface area contributed by atoms with Gasteiger partial charge in [-0.1, -0.05) is 0 Å². The van der Waals surface area contributed by atoms with Crippen molar-refractivity contribution in [3.63, 3.8) is 0 Å². The SMILES string of the molecule is COc1ccc(N=c2sc(C)c(C(C)C(=O)O)n2C)cc1. The first-order valence-corrected chi connectivity index (χ1v) is 7.33. The Kier molecular flexibility index (Phi) is 4.47. The molecule has 1 heterocycles. The van der Waals surface area contributed by atoms with Gasteiger partial charge in [-0.15, -0.1) is 11.3 Å². The molecule has 112 valence electrons. The summed E-state index contributed by atoms with van der Waals surface area (Å²) in [6.07, 6.45) is 0. The summed E-state index contributed by atoms with van der Waals surface area (Å²) in [6.45, 7) is 3.61. The van der Waals surface area contributed by atoms with E-state index in [1.54, 1.807) is 14.0 Å². The molecule has 1 unspecified atom stereocenters. The lowest BCUT2D eigenvalue weighted by Gasteiger charge is -2.08. The largest absolute Gasteiger partial charge is 0.497 e. The molecule has 0 aliphatic rings.